The molecule has 2 rings (SSSR count). The zero-order chi connectivity index (χ0) is 51.6. The average Bonchev–Trinajstić information content (AvgIpc) is 3.37. The summed E-state index contributed by atoms with van der Waals surface area (Å²) in [5.74, 6) is -0.377. The number of aliphatic hydroxyl groups excluding tert-OH is 7. The van der Waals surface area contributed by atoms with E-state index in [1.54, 1.807) is 0 Å². The van der Waals surface area contributed by atoms with Crippen LogP contribution in [0, 0.1) is 0 Å². The molecule has 0 aliphatic carbocycles. The van der Waals surface area contributed by atoms with Crippen LogP contribution in [-0.4, -0.2) is 142 Å². The number of esters is 1. The lowest BCUT2D eigenvalue weighted by Crippen LogP contribution is -2.61. The van der Waals surface area contributed by atoms with Gasteiger partial charge in [0.05, 0.1) is 26.4 Å². The van der Waals surface area contributed by atoms with Crippen LogP contribution in [0.5, 0.6) is 0 Å². The van der Waals surface area contributed by atoms with Crippen molar-refractivity contribution in [3.05, 3.63) is 48.6 Å². The van der Waals surface area contributed by atoms with E-state index in [2.05, 4.69) is 62.5 Å². The molecule has 2 heterocycles. The van der Waals surface area contributed by atoms with Gasteiger partial charge in [-0.3, -0.25) is 4.79 Å². The Bertz CT molecular complexity index is 1360. The number of carbonyl (C=O) groups is 1. The van der Waals surface area contributed by atoms with Gasteiger partial charge in [-0.05, 0) is 51.4 Å². The van der Waals surface area contributed by atoms with E-state index in [1.807, 2.05) is 0 Å². The van der Waals surface area contributed by atoms with Crippen LogP contribution in [0.25, 0.3) is 0 Å². The molecule has 0 aromatic carbocycles. The van der Waals surface area contributed by atoms with E-state index in [-0.39, 0.29) is 25.6 Å². The van der Waals surface area contributed by atoms with Crippen molar-refractivity contribution in [2.45, 2.75) is 274 Å². The standard InChI is InChI=1S/C57H102O14/c1-3-5-7-9-11-13-15-17-18-19-20-21-22-23-24-25-26-27-28-29-30-32-34-36-38-40-49(59)69-46(43-66-41-39-37-35-33-31-16-14-12-10-8-6-4-2)44-67-56-55(65)53(63)51(61)48(71-56)45-68-57-54(64)52(62)50(60)47(42-58)70-57/h5,7,11,13,17-18,20-21,46-48,50-58,60-65H,3-4,6,8-10,12,14-16,19,22-45H2,1-2H3/b7-5-,13-11-,18-17-,21-20-. The van der Waals surface area contributed by atoms with E-state index in [9.17, 15) is 40.5 Å². The maximum absolute atomic E-state index is 13.1. The predicted octanol–water partition coefficient (Wildman–Crippen LogP) is 9.52. The summed E-state index contributed by atoms with van der Waals surface area (Å²) in [7, 11) is 0. The Labute approximate surface area is 429 Å². The summed E-state index contributed by atoms with van der Waals surface area (Å²) in [5, 5.41) is 72.2. The van der Waals surface area contributed by atoms with E-state index in [1.165, 1.54) is 109 Å². The monoisotopic (exact) mass is 1010 g/mol. The fourth-order valence-electron chi connectivity index (χ4n) is 8.81. The Balaban J connectivity index is 1.68. The van der Waals surface area contributed by atoms with Crippen molar-refractivity contribution in [1.82, 2.24) is 0 Å². The summed E-state index contributed by atoms with van der Waals surface area (Å²) in [5.41, 5.74) is 0. The second kappa shape index (κ2) is 44.3. The van der Waals surface area contributed by atoms with Crippen LogP contribution in [0.15, 0.2) is 48.6 Å². The number of hydrogen-bond donors (Lipinski definition) is 7. The first-order valence-electron chi connectivity index (χ1n) is 28.2. The van der Waals surface area contributed by atoms with Crippen molar-refractivity contribution < 1.29 is 69.0 Å². The summed E-state index contributed by atoms with van der Waals surface area (Å²) in [6, 6.07) is 0. The van der Waals surface area contributed by atoms with Crippen LogP contribution in [-0.2, 0) is 33.2 Å². The average molecular weight is 1010 g/mol. The molecule has 11 unspecified atom stereocenters. The van der Waals surface area contributed by atoms with E-state index >= 15 is 0 Å². The third-order valence-electron chi connectivity index (χ3n) is 13.4. The summed E-state index contributed by atoms with van der Waals surface area (Å²) in [4.78, 5) is 13.1. The lowest BCUT2D eigenvalue weighted by Gasteiger charge is -2.42. The zero-order valence-electron chi connectivity index (χ0n) is 44.2. The second-order valence-corrected chi connectivity index (χ2v) is 19.7. The summed E-state index contributed by atoms with van der Waals surface area (Å²) >= 11 is 0. The fourth-order valence-corrected chi connectivity index (χ4v) is 8.81. The zero-order valence-corrected chi connectivity index (χ0v) is 44.2. The minimum atomic E-state index is -1.71. The van der Waals surface area contributed by atoms with Crippen molar-refractivity contribution in [2.75, 3.05) is 33.0 Å². The molecule has 0 bridgehead atoms. The minimum absolute atomic E-state index is 0.0629. The molecule has 0 saturated carbocycles. The molecular formula is C57H102O14. The lowest BCUT2D eigenvalue weighted by atomic mass is 9.98. The van der Waals surface area contributed by atoms with E-state index in [0.29, 0.717) is 13.0 Å². The number of aliphatic hydroxyl groups is 7. The lowest BCUT2D eigenvalue weighted by molar-refractivity contribution is -0.332. The second-order valence-electron chi connectivity index (χ2n) is 19.7. The molecule has 71 heavy (non-hydrogen) atoms. The topological polar surface area (TPSA) is 214 Å². The van der Waals surface area contributed by atoms with Gasteiger partial charge in [-0.2, -0.15) is 0 Å². The quantitative estimate of drug-likeness (QED) is 0.0172. The van der Waals surface area contributed by atoms with Gasteiger partial charge in [0.15, 0.2) is 12.6 Å². The highest BCUT2D eigenvalue weighted by molar-refractivity contribution is 5.69. The smallest absolute Gasteiger partial charge is 0.306 e. The Hall–Kier alpha value is -2.05. The van der Waals surface area contributed by atoms with Gasteiger partial charge in [0.25, 0.3) is 0 Å². The van der Waals surface area contributed by atoms with Crippen LogP contribution < -0.4 is 0 Å². The van der Waals surface area contributed by atoms with Crippen LogP contribution in [0.3, 0.4) is 0 Å². The highest BCUT2D eigenvalue weighted by Gasteiger charge is 2.47. The molecule has 0 amide bonds. The predicted molar refractivity (Wildman–Crippen MR) is 279 cm³/mol. The first kappa shape index (κ1) is 65.1. The summed E-state index contributed by atoms with van der Waals surface area (Å²) in [6.45, 7) is 3.59. The largest absolute Gasteiger partial charge is 0.457 e. The molecular weight excluding hydrogens is 909 g/mol. The third kappa shape index (κ3) is 31.4. The van der Waals surface area contributed by atoms with Crippen molar-refractivity contribution in [2.24, 2.45) is 0 Å². The number of rotatable bonds is 45. The van der Waals surface area contributed by atoms with Gasteiger partial charge in [0.1, 0.15) is 54.9 Å². The maximum atomic E-state index is 13.1. The number of hydrogen-bond acceptors (Lipinski definition) is 14. The van der Waals surface area contributed by atoms with Crippen molar-refractivity contribution >= 4 is 5.97 Å². The van der Waals surface area contributed by atoms with Gasteiger partial charge in [0, 0.05) is 13.0 Å². The highest BCUT2D eigenvalue weighted by Crippen LogP contribution is 2.26. The van der Waals surface area contributed by atoms with Crippen molar-refractivity contribution in [1.29, 1.82) is 0 Å². The molecule has 7 N–H and O–H groups in total. The molecule has 2 saturated heterocycles. The molecule has 0 radical (unpaired) electrons. The van der Waals surface area contributed by atoms with Crippen LogP contribution in [0.1, 0.15) is 206 Å². The van der Waals surface area contributed by atoms with E-state index < -0.39 is 80.7 Å². The number of unbranched alkanes of at least 4 members (excludes halogenated alkanes) is 23. The van der Waals surface area contributed by atoms with Gasteiger partial charge >= 0.3 is 5.97 Å². The SMILES string of the molecule is CC/C=C\C/C=C\C/C=C\C/C=C\CCCCCCCCCCCCCCC(=O)OC(COCCCCCCCCCCCCCC)COC1OC(COC2OC(CO)C(O)C(O)C2O)C(O)C(O)C1O. The van der Waals surface area contributed by atoms with Crippen LogP contribution >= 0.6 is 0 Å². The molecule has 2 aliphatic rings. The molecule has 11 atom stereocenters. The van der Waals surface area contributed by atoms with E-state index in [4.69, 9.17) is 28.4 Å². The maximum Gasteiger partial charge on any atom is 0.306 e. The Morgan fingerprint density at radius 2 is 0.915 bits per heavy atom. The van der Waals surface area contributed by atoms with E-state index in [0.717, 1.165) is 70.6 Å². The Morgan fingerprint density at radius 3 is 1.44 bits per heavy atom. The molecule has 0 spiro atoms. The number of allylic oxidation sites excluding steroid dienone is 8. The van der Waals surface area contributed by atoms with Gasteiger partial charge in [0.2, 0.25) is 0 Å². The molecule has 0 aromatic rings. The van der Waals surface area contributed by atoms with Crippen molar-refractivity contribution in [3.8, 4) is 0 Å². The summed E-state index contributed by atoms with van der Waals surface area (Å²) in [6.07, 6.45) is 36.0. The van der Waals surface area contributed by atoms with Gasteiger partial charge in [-0.25, -0.2) is 0 Å². The molecule has 0 aromatic heterocycles. The summed E-state index contributed by atoms with van der Waals surface area (Å²) < 4.78 is 34.3. The Kier molecular flexibility index (Phi) is 40.6. The Morgan fingerprint density at radius 1 is 0.479 bits per heavy atom. The number of carbonyl (C=O) groups excluding carboxylic acids is 1. The molecule has 2 fully saturated rings. The van der Waals surface area contributed by atoms with Crippen LogP contribution in [0.2, 0.25) is 0 Å². The molecule has 14 heteroatoms. The first-order chi connectivity index (χ1) is 34.6. The van der Waals surface area contributed by atoms with Gasteiger partial charge < -0.3 is 64.2 Å². The molecule has 14 nitrogen and oxygen atoms in total. The highest BCUT2D eigenvalue weighted by atomic mass is 16.7. The minimum Gasteiger partial charge on any atom is -0.457 e. The molecule has 2 aliphatic heterocycles. The first-order valence-corrected chi connectivity index (χ1v) is 28.2. The normalized spacial score (nSPS) is 25.6. The number of ether oxygens (including phenoxy) is 6. The van der Waals surface area contributed by atoms with Gasteiger partial charge in [-0.1, -0.05) is 197 Å². The molecule has 414 valence electrons. The third-order valence-corrected chi connectivity index (χ3v) is 13.4. The van der Waals surface area contributed by atoms with Gasteiger partial charge in [-0.15, -0.1) is 0 Å². The fraction of sp³-hybridized carbons (Fsp3) is 0.842. The van der Waals surface area contributed by atoms with Crippen molar-refractivity contribution in [3.63, 3.8) is 0 Å². The van der Waals surface area contributed by atoms with Crippen LogP contribution in [0.4, 0.5) is 0 Å².